The summed E-state index contributed by atoms with van der Waals surface area (Å²) < 4.78 is 0. The summed E-state index contributed by atoms with van der Waals surface area (Å²) in [7, 11) is 2.18. The Balaban J connectivity index is 2.99. The number of nitrogens with one attached hydrogen (secondary N) is 1. The van der Waals surface area contributed by atoms with Gasteiger partial charge in [-0.2, -0.15) is 0 Å². The van der Waals surface area contributed by atoms with Crippen LogP contribution in [0, 0.1) is 0 Å². The summed E-state index contributed by atoms with van der Waals surface area (Å²) in [5.74, 6) is 0. The van der Waals surface area contributed by atoms with E-state index in [-0.39, 0.29) is 0 Å². The molecule has 0 spiro atoms. The lowest BCUT2D eigenvalue weighted by atomic mass is 10.1. The van der Waals surface area contributed by atoms with E-state index in [4.69, 9.17) is 5.11 Å². The number of aliphatic hydroxyl groups excluding tert-OH is 1. The molecule has 116 valence electrons. The molecule has 2 heteroatoms. The number of hydrogen-bond donors (Lipinski definition) is 2. The number of rotatable bonds is 15. The number of hydrogen-bond acceptors (Lipinski definition) is 1. The molecule has 0 aliphatic heterocycles. The number of unbranched alkanes of at least 4 members (excludes halogenated alkanes) is 11. The van der Waals surface area contributed by atoms with Gasteiger partial charge in [0.05, 0.1) is 20.2 Å². The van der Waals surface area contributed by atoms with Crippen LogP contribution < -0.4 is 4.90 Å². The Morgan fingerprint density at radius 3 is 1.47 bits per heavy atom. The van der Waals surface area contributed by atoms with Crippen LogP contribution in [0.5, 0.6) is 0 Å². The molecule has 1 unspecified atom stereocenters. The zero-order chi connectivity index (χ0) is 14.2. The Labute approximate surface area is 121 Å². The molecule has 0 bridgehead atoms. The van der Waals surface area contributed by atoms with Gasteiger partial charge in [0.1, 0.15) is 6.54 Å². The van der Waals surface area contributed by atoms with Crippen LogP contribution in [0.15, 0.2) is 0 Å². The van der Waals surface area contributed by atoms with E-state index in [1.165, 1.54) is 88.5 Å². The molecule has 0 heterocycles. The van der Waals surface area contributed by atoms with Gasteiger partial charge in [0.15, 0.2) is 0 Å². The monoisotopic (exact) mass is 272 g/mol. The first kappa shape index (κ1) is 18.9. The Hall–Kier alpha value is -0.0800. The van der Waals surface area contributed by atoms with E-state index < -0.39 is 0 Å². The fourth-order valence-corrected chi connectivity index (χ4v) is 2.58. The summed E-state index contributed by atoms with van der Waals surface area (Å²) in [6.45, 7) is 4.73. The normalized spacial score (nSPS) is 12.8. The van der Waals surface area contributed by atoms with Crippen LogP contribution in [-0.4, -0.2) is 31.9 Å². The second-order valence-corrected chi connectivity index (χ2v) is 6.07. The SMILES string of the molecule is CCCCCCCCCCCCCC[NH+](C)CCO. The average molecular weight is 272 g/mol. The van der Waals surface area contributed by atoms with Crippen molar-refractivity contribution in [2.24, 2.45) is 0 Å². The molecule has 0 aliphatic rings. The first-order valence-corrected chi connectivity index (χ1v) is 8.73. The Bertz CT molecular complexity index is 161. The Morgan fingerprint density at radius 2 is 1.05 bits per heavy atom. The summed E-state index contributed by atoms with van der Waals surface area (Å²) in [5.41, 5.74) is 0. The quantitative estimate of drug-likeness (QED) is 0.440. The minimum atomic E-state index is 0.324. The van der Waals surface area contributed by atoms with Crippen molar-refractivity contribution >= 4 is 0 Å². The molecule has 19 heavy (non-hydrogen) atoms. The highest BCUT2D eigenvalue weighted by Crippen LogP contribution is 2.11. The van der Waals surface area contributed by atoms with Crippen LogP contribution in [0.1, 0.15) is 84.0 Å². The molecular weight excluding hydrogens is 234 g/mol. The van der Waals surface area contributed by atoms with Crippen molar-refractivity contribution in [3.05, 3.63) is 0 Å². The predicted octanol–water partition coefficient (Wildman–Crippen LogP) is 3.19. The largest absolute Gasteiger partial charge is 0.391 e. The molecule has 0 aliphatic carbocycles. The maximum absolute atomic E-state index is 8.81. The van der Waals surface area contributed by atoms with E-state index >= 15 is 0 Å². The van der Waals surface area contributed by atoms with Crippen molar-refractivity contribution in [1.82, 2.24) is 0 Å². The van der Waals surface area contributed by atoms with Gasteiger partial charge < -0.3 is 10.0 Å². The van der Waals surface area contributed by atoms with Crippen LogP contribution in [0.2, 0.25) is 0 Å². The molecule has 0 amide bonds. The number of aliphatic hydroxyl groups is 1. The third-order valence-electron chi connectivity index (χ3n) is 4.00. The molecule has 0 saturated heterocycles. The van der Waals surface area contributed by atoms with Crippen molar-refractivity contribution in [3.8, 4) is 0 Å². The molecule has 2 nitrogen and oxygen atoms in total. The van der Waals surface area contributed by atoms with E-state index in [1.54, 1.807) is 0 Å². The van der Waals surface area contributed by atoms with Gasteiger partial charge in [-0.1, -0.05) is 71.1 Å². The highest BCUT2D eigenvalue weighted by Gasteiger charge is 1.99. The zero-order valence-electron chi connectivity index (χ0n) is 13.6. The molecule has 0 saturated carbocycles. The molecule has 0 radical (unpaired) electrons. The smallest absolute Gasteiger partial charge is 0.100 e. The lowest BCUT2D eigenvalue weighted by Crippen LogP contribution is -3.09. The van der Waals surface area contributed by atoms with Gasteiger partial charge in [0.25, 0.3) is 0 Å². The molecule has 1 atom stereocenters. The van der Waals surface area contributed by atoms with E-state index in [9.17, 15) is 0 Å². The van der Waals surface area contributed by atoms with E-state index in [2.05, 4.69) is 14.0 Å². The molecular formula is C17H38NO+. The summed E-state index contributed by atoms with van der Waals surface area (Å²) >= 11 is 0. The second kappa shape index (κ2) is 16.0. The van der Waals surface area contributed by atoms with Gasteiger partial charge in [-0.05, 0) is 12.8 Å². The minimum Gasteiger partial charge on any atom is -0.391 e. The van der Waals surface area contributed by atoms with Crippen LogP contribution in [0.25, 0.3) is 0 Å². The summed E-state index contributed by atoms with van der Waals surface area (Å²) in [6, 6.07) is 0. The Morgan fingerprint density at radius 1 is 0.632 bits per heavy atom. The van der Waals surface area contributed by atoms with Gasteiger partial charge >= 0.3 is 0 Å². The van der Waals surface area contributed by atoms with Gasteiger partial charge in [-0.15, -0.1) is 0 Å². The van der Waals surface area contributed by atoms with Crippen molar-refractivity contribution in [2.45, 2.75) is 84.0 Å². The van der Waals surface area contributed by atoms with Gasteiger partial charge in [-0.3, -0.25) is 0 Å². The standard InChI is InChI=1S/C17H37NO/c1-3-4-5-6-7-8-9-10-11-12-13-14-15-18(2)16-17-19/h19H,3-17H2,1-2H3/p+1. The summed E-state index contributed by atoms with van der Waals surface area (Å²) in [4.78, 5) is 1.47. The summed E-state index contributed by atoms with van der Waals surface area (Å²) in [5, 5.41) is 8.81. The summed E-state index contributed by atoms with van der Waals surface area (Å²) in [6.07, 6.45) is 17.0. The fraction of sp³-hybridized carbons (Fsp3) is 1.00. The first-order chi connectivity index (χ1) is 9.31. The molecule has 0 aromatic rings. The van der Waals surface area contributed by atoms with Crippen molar-refractivity contribution in [3.63, 3.8) is 0 Å². The lowest BCUT2D eigenvalue weighted by molar-refractivity contribution is -0.880. The van der Waals surface area contributed by atoms with Crippen molar-refractivity contribution < 1.29 is 10.0 Å². The van der Waals surface area contributed by atoms with Gasteiger partial charge in [-0.25, -0.2) is 0 Å². The first-order valence-electron chi connectivity index (χ1n) is 8.73. The van der Waals surface area contributed by atoms with E-state index in [0.717, 1.165) is 6.54 Å². The molecule has 0 rings (SSSR count). The predicted molar refractivity (Wildman–Crippen MR) is 84.8 cm³/mol. The van der Waals surface area contributed by atoms with Crippen LogP contribution in [0.4, 0.5) is 0 Å². The highest BCUT2D eigenvalue weighted by atomic mass is 16.3. The van der Waals surface area contributed by atoms with Gasteiger partial charge in [0.2, 0.25) is 0 Å². The molecule has 0 fully saturated rings. The second-order valence-electron chi connectivity index (χ2n) is 6.07. The van der Waals surface area contributed by atoms with Crippen molar-refractivity contribution in [2.75, 3.05) is 26.7 Å². The fourth-order valence-electron chi connectivity index (χ4n) is 2.58. The van der Waals surface area contributed by atoms with Crippen LogP contribution in [-0.2, 0) is 0 Å². The minimum absolute atomic E-state index is 0.324. The number of quaternary nitrogens is 1. The average Bonchev–Trinajstić information content (AvgIpc) is 2.40. The topological polar surface area (TPSA) is 24.7 Å². The van der Waals surface area contributed by atoms with Crippen LogP contribution >= 0.6 is 0 Å². The van der Waals surface area contributed by atoms with Gasteiger partial charge in [0, 0.05) is 0 Å². The third kappa shape index (κ3) is 15.9. The molecule has 2 N–H and O–H groups in total. The van der Waals surface area contributed by atoms with E-state index in [0.29, 0.717) is 6.61 Å². The zero-order valence-corrected chi connectivity index (χ0v) is 13.6. The Kier molecular flexibility index (Phi) is 15.9. The van der Waals surface area contributed by atoms with Crippen molar-refractivity contribution in [1.29, 1.82) is 0 Å². The van der Waals surface area contributed by atoms with Crippen LogP contribution in [0.3, 0.4) is 0 Å². The molecule has 0 aromatic heterocycles. The van der Waals surface area contributed by atoms with E-state index in [1.807, 2.05) is 0 Å². The molecule has 0 aromatic carbocycles. The number of likely N-dealkylation sites (N-methyl/N-ethyl adjacent to an activating group) is 1. The highest BCUT2D eigenvalue weighted by molar-refractivity contribution is 4.48. The lowest BCUT2D eigenvalue weighted by Gasteiger charge is -2.11. The maximum atomic E-state index is 8.81. The third-order valence-corrected chi connectivity index (χ3v) is 4.00. The maximum Gasteiger partial charge on any atom is 0.100 e.